The Morgan fingerprint density at radius 2 is 2.05 bits per heavy atom. The molecule has 0 saturated carbocycles. The van der Waals surface area contributed by atoms with Gasteiger partial charge in [0, 0.05) is 23.4 Å². The normalized spacial score (nSPS) is 20.1. The number of aromatic nitrogens is 1. The van der Waals surface area contributed by atoms with E-state index in [2.05, 4.69) is 35.0 Å². The topological polar surface area (TPSA) is 24.9 Å². The summed E-state index contributed by atoms with van der Waals surface area (Å²) in [7, 11) is 0. The van der Waals surface area contributed by atoms with E-state index in [1.807, 2.05) is 6.07 Å². The summed E-state index contributed by atoms with van der Waals surface area (Å²) in [6, 6.07) is 11.1. The SMILES string of the molecule is c1ccc(-c2csc(CC3CCCCCN3)n2)cc1. The van der Waals surface area contributed by atoms with Crippen molar-refractivity contribution in [3.05, 3.63) is 40.7 Å². The van der Waals surface area contributed by atoms with Crippen molar-refractivity contribution in [2.75, 3.05) is 6.54 Å². The molecule has 1 N–H and O–H groups in total. The van der Waals surface area contributed by atoms with Crippen LogP contribution >= 0.6 is 11.3 Å². The summed E-state index contributed by atoms with van der Waals surface area (Å²) < 4.78 is 0. The van der Waals surface area contributed by atoms with Crippen LogP contribution in [0, 0.1) is 0 Å². The zero-order chi connectivity index (χ0) is 12.9. The van der Waals surface area contributed by atoms with Gasteiger partial charge < -0.3 is 5.32 Å². The number of nitrogens with one attached hydrogen (secondary N) is 1. The van der Waals surface area contributed by atoms with Crippen molar-refractivity contribution in [3.8, 4) is 11.3 Å². The summed E-state index contributed by atoms with van der Waals surface area (Å²) in [5, 5.41) is 7.09. The van der Waals surface area contributed by atoms with Gasteiger partial charge in [0.05, 0.1) is 10.7 Å². The van der Waals surface area contributed by atoms with Crippen LogP contribution < -0.4 is 5.32 Å². The van der Waals surface area contributed by atoms with E-state index in [1.165, 1.54) is 42.8 Å². The van der Waals surface area contributed by atoms with Crippen LogP contribution in [0.5, 0.6) is 0 Å². The van der Waals surface area contributed by atoms with Crippen LogP contribution in [0.25, 0.3) is 11.3 Å². The molecule has 0 spiro atoms. The first-order chi connectivity index (χ1) is 9.42. The molecular formula is C16H20N2S. The van der Waals surface area contributed by atoms with Crippen molar-refractivity contribution in [1.29, 1.82) is 0 Å². The lowest BCUT2D eigenvalue weighted by molar-refractivity contribution is 0.507. The molecule has 2 heterocycles. The maximum atomic E-state index is 4.78. The Morgan fingerprint density at radius 1 is 1.16 bits per heavy atom. The molecule has 1 fully saturated rings. The Balaban J connectivity index is 1.68. The van der Waals surface area contributed by atoms with Crippen LogP contribution in [0.3, 0.4) is 0 Å². The third kappa shape index (κ3) is 3.43. The summed E-state index contributed by atoms with van der Waals surface area (Å²) >= 11 is 1.79. The van der Waals surface area contributed by atoms with Crippen LogP contribution in [0.1, 0.15) is 30.7 Å². The Bertz CT molecular complexity index is 498. The molecule has 1 unspecified atom stereocenters. The van der Waals surface area contributed by atoms with Gasteiger partial charge in [-0.2, -0.15) is 0 Å². The summed E-state index contributed by atoms with van der Waals surface area (Å²) in [6.45, 7) is 1.17. The molecule has 0 radical (unpaired) electrons. The second kappa shape index (κ2) is 6.31. The van der Waals surface area contributed by atoms with Gasteiger partial charge >= 0.3 is 0 Å². The van der Waals surface area contributed by atoms with Crippen molar-refractivity contribution >= 4 is 11.3 Å². The highest BCUT2D eigenvalue weighted by molar-refractivity contribution is 7.09. The predicted molar refractivity (Wildman–Crippen MR) is 81.5 cm³/mol. The number of thiazole rings is 1. The third-order valence-corrected chi connectivity index (χ3v) is 4.58. The van der Waals surface area contributed by atoms with E-state index in [0.717, 1.165) is 12.1 Å². The highest BCUT2D eigenvalue weighted by Crippen LogP contribution is 2.23. The minimum Gasteiger partial charge on any atom is -0.314 e. The first-order valence-electron chi connectivity index (χ1n) is 7.15. The number of hydrogen-bond acceptors (Lipinski definition) is 3. The van der Waals surface area contributed by atoms with E-state index in [1.54, 1.807) is 11.3 Å². The molecule has 1 aromatic heterocycles. The minimum absolute atomic E-state index is 0.622. The Kier molecular flexibility index (Phi) is 4.26. The van der Waals surface area contributed by atoms with E-state index >= 15 is 0 Å². The van der Waals surface area contributed by atoms with E-state index in [0.29, 0.717) is 6.04 Å². The van der Waals surface area contributed by atoms with Crippen molar-refractivity contribution in [3.63, 3.8) is 0 Å². The smallest absolute Gasteiger partial charge is 0.0948 e. The Hall–Kier alpha value is -1.19. The molecule has 19 heavy (non-hydrogen) atoms. The lowest BCUT2D eigenvalue weighted by atomic mass is 10.1. The van der Waals surface area contributed by atoms with Crippen LogP contribution in [-0.4, -0.2) is 17.6 Å². The van der Waals surface area contributed by atoms with Crippen LogP contribution in [0.15, 0.2) is 35.7 Å². The number of nitrogens with zero attached hydrogens (tertiary/aromatic N) is 1. The summed E-state index contributed by atoms with van der Waals surface area (Å²) in [5.41, 5.74) is 2.34. The van der Waals surface area contributed by atoms with E-state index in [9.17, 15) is 0 Å². The second-order valence-corrected chi connectivity index (χ2v) is 6.14. The van der Waals surface area contributed by atoms with Gasteiger partial charge in [0.1, 0.15) is 0 Å². The minimum atomic E-state index is 0.622. The van der Waals surface area contributed by atoms with Crippen LogP contribution in [0.4, 0.5) is 0 Å². The van der Waals surface area contributed by atoms with Crippen LogP contribution in [0.2, 0.25) is 0 Å². The molecule has 100 valence electrons. The van der Waals surface area contributed by atoms with Crippen LogP contribution in [-0.2, 0) is 6.42 Å². The zero-order valence-electron chi connectivity index (χ0n) is 11.1. The van der Waals surface area contributed by atoms with Gasteiger partial charge in [-0.15, -0.1) is 11.3 Å². The molecule has 2 nitrogen and oxygen atoms in total. The first-order valence-corrected chi connectivity index (χ1v) is 8.03. The molecule has 2 aromatic rings. The van der Waals surface area contributed by atoms with Crippen molar-refractivity contribution < 1.29 is 0 Å². The molecular weight excluding hydrogens is 252 g/mol. The maximum Gasteiger partial charge on any atom is 0.0948 e. The average molecular weight is 272 g/mol. The summed E-state index contributed by atoms with van der Waals surface area (Å²) in [5.74, 6) is 0. The largest absolute Gasteiger partial charge is 0.314 e. The molecule has 1 aliphatic rings. The highest BCUT2D eigenvalue weighted by atomic mass is 32.1. The van der Waals surface area contributed by atoms with Gasteiger partial charge in [0.2, 0.25) is 0 Å². The molecule has 0 aliphatic carbocycles. The van der Waals surface area contributed by atoms with Gasteiger partial charge in [-0.25, -0.2) is 4.98 Å². The standard InChI is InChI=1S/C16H20N2S/c1-3-7-13(8-4-1)15-12-19-16(18-15)11-14-9-5-2-6-10-17-14/h1,3-4,7-8,12,14,17H,2,5-6,9-11H2. The number of benzene rings is 1. The molecule has 3 rings (SSSR count). The monoisotopic (exact) mass is 272 g/mol. The lowest BCUT2D eigenvalue weighted by Gasteiger charge is -2.13. The molecule has 1 saturated heterocycles. The molecule has 3 heteroatoms. The molecule has 1 aliphatic heterocycles. The fourth-order valence-corrected chi connectivity index (χ4v) is 3.52. The van der Waals surface area contributed by atoms with Gasteiger partial charge in [-0.3, -0.25) is 0 Å². The average Bonchev–Trinajstić information content (AvgIpc) is 2.76. The van der Waals surface area contributed by atoms with E-state index in [4.69, 9.17) is 4.98 Å². The first kappa shape index (κ1) is 12.8. The fourth-order valence-electron chi connectivity index (χ4n) is 2.63. The number of hydrogen-bond donors (Lipinski definition) is 1. The summed E-state index contributed by atoms with van der Waals surface area (Å²) in [4.78, 5) is 4.78. The highest BCUT2D eigenvalue weighted by Gasteiger charge is 2.14. The molecule has 1 atom stereocenters. The molecule has 0 amide bonds. The van der Waals surface area contributed by atoms with Crippen molar-refractivity contribution in [2.45, 2.75) is 38.1 Å². The van der Waals surface area contributed by atoms with Gasteiger partial charge in [0.15, 0.2) is 0 Å². The van der Waals surface area contributed by atoms with Gasteiger partial charge in [-0.1, -0.05) is 43.2 Å². The van der Waals surface area contributed by atoms with E-state index < -0.39 is 0 Å². The molecule has 0 bridgehead atoms. The van der Waals surface area contributed by atoms with Gasteiger partial charge in [-0.05, 0) is 19.4 Å². The quantitative estimate of drug-likeness (QED) is 0.917. The van der Waals surface area contributed by atoms with E-state index in [-0.39, 0.29) is 0 Å². The Labute approximate surface area is 118 Å². The third-order valence-electron chi connectivity index (χ3n) is 3.70. The fraction of sp³-hybridized carbons (Fsp3) is 0.438. The van der Waals surface area contributed by atoms with Gasteiger partial charge in [0.25, 0.3) is 0 Å². The maximum absolute atomic E-state index is 4.78. The second-order valence-electron chi connectivity index (χ2n) is 5.20. The Morgan fingerprint density at radius 3 is 2.95 bits per heavy atom. The van der Waals surface area contributed by atoms with Crippen molar-refractivity contribution in [2.24, 2.45) is 0 Å². The zero-order valence-corrected chi connectivity index (χ0v) is 12.0. The van der Waals surface area contributed by atoms with Crippen molar-refractivity contribution in [1.82, 2.24) is 10.3 Å². The summed E-state index contributed by atoms with van der Waals surface area (Å²) in [6.07, 6.45) is 6.42. The molecule has 1 aromatic carbocycles. The lowest BCUT2D eigenvalue weighted by Crippen LogP contribution is -2.30. The predicted octanol–water partition coefficient (Wildman–Crippen LogP) is 3.88. The number of rotatable bonds is 3.